The quantitative estimate of drug-likeness (QED) is 0.413. The van der Waals surface area contributed by atoms with Crippen LogP contribution in [0.3, 0.4) is 0 Å². The van der Waals surface area contributed by atoms with E-state index >= 15 is 0 Å². The molecule has 0 aliphatic carbocycles. The number of aryl methyl sites for hydroxylation is 1. The fourth-order valence-corrected chi connectivity index (χ4v) is 5.93. The van der Waals surface area contributed by atoms with E-state index in [-0.39, 0.29) is 29.8 Å². The van der Waals surface area contributed by atoms with Crippen LogP contribution in [0.2, 0.25) is 0 Å². The van der Waals surface area contributed by atoms with Crippen LogP contribution < -0.4 is 9.64 Å². The van der Waals surface area contributed by atoms with Crippen molar-refractivity contribution in [2.24, 2.45) is 5.92 Å². The summed E-state index contributed by atoms with van der Waals surface area (Å²) in [4.78, 5) is 17.2. The van der Waals surface area contributed by atoms with Crippen LogP contribution in [0.4, 0.5) is 5.82 Å². The highest BCUT2D eigenvalue weighted by molar-refractivity contribution is 7.89. The van der Waals surface area contributed by atoms with Gasteiger partial charge in [-0.2, -0.15) is 4.31 Å². The Bertz CT molecular complexity index is 1340. The number of benzene rings is 2. The molecular weight excluding hydrogens is 502 g/mol. The number of methoxy groups -OCH3 is 1. The van der Waals surface area contributed by atoms with Crippen LogP contribution in [0, 0.1) is 12.8 Å². The molecule has 0 unspecified atom stereocenters. The standard InChI is InChI=1S/C28H35N5O4S/c1-21(2)19-33(38(35,36)25-10-8-22(3)9-11-25)20-28(34)32-16-14-31(15-17-32)27-13-12-26(29-30-27)23-6-5-7-24(18-23)37-4/h5-13,18,21H,14-17,19-20H2,1-4H3. The zero-order valence-electron chi connectivity index (χ0n) is 22.4. The summed E-state index contributed by atoms with van der Waals surface area (Å²) in [6, 6.07) is 18.3. The van der Waals surface area contributed by atoms with Gasteiger partial charge in [-0.25, -0.2) is 8.42 Å². The van der Waals surface area contributed by atoms with E-state index in [1.807, 2.05) is 57.2 Å². The molecule has 0 radical (unpaired) electrons. The van der Waals surface area contributed by atoms with Crippen molar-refractivity contribution < 1.29 is 17.9 Å². The van der Waals surface area contributed by atoms with Gasteiger partial charge in [-0.05, 0) is 49.2 Å². The minimum absolute atomic E-state index is 0.0818. The number of carbonyl (C=O) groups excluding carboxylic acids is 1. The van der Waals surface area contributed by atoms with E-state index in [2.05, 4.69) is 15.1 Å². The summed E-state index contributed by atoms with van der Waals surface area (Å²) in [6.45, 7) is 8.05. The summed E-state index contributed by atoms with van der Waals surface area (Å²) < 4.78 is 33.2. The number of carbonyl (C=O) groups is 1. The van der Waals surface area contributed by atoms with Gasteiger partial charge in [0.2, 0.25) is 15.9 Å². The lowest BCUT2D eigenvalue weighted by atomic mass is 10.1. The van der Waals surface area contributed by atoms with Crippen LogP contribution in [-0.4, -0.2) is 80.1 Å². The molecule has 0 atom stereocenters. The molecule has 4 rings (SSSR count). The Morgan fingerprint density at radius 2 is 1.71 bits per heavy atom. The molecule has 1 aliphatic rings. The summed E-state index contributed by atoms with van der Waals surface area (Å²) in [5.74, 6) is 1.39. The van der Waals surface area contributed by atoms with E-state index in [0.717, 1.165) is 28.4 Å². The third-order valence-electron chi connectivity index (χ3n) is 6.51. The first kappa shape index (κ1) is 27.5. The zero-order chi connectivity index (χ0) is 27.3. The van der Waals surface area contributed by atoms with Crippen molar-refractivity contribution >= 4 is 21.7 Å². The van der Waals surface area contributed by atoms with Gasteiger partial charge in [0, 0.05) is 38.3 Å². The molecule has 10 heteroatoms. The van der Waals surface area contributed by atoms with Crippen molar-refractivity contribution in [1.82, 2.24) is 19.4 Å². The van der Waals surface area contributed by atoms with Crippen LogP contribution >= 0.6 is 0 Å². The topological polar surface area (TPSA) is 95.9 Å². The molecule has 1 aromatic heterocycles. The van der Waals surface area contributed by atoms with Crippen LogP contribution in [0.25, 0.3) is 11.3 Å². The molecule has 0 spiro atoms. The van der Waals surface area contributed by atoms with E-state index in [0.29, 0.717) is 26.2 Å². The average molecular weight is 538 g/mol. The number of amides is 1. The van der Waals surface area contributed by atoms with E-state index in [9.17, 15) is 13.2 Å². The lowest BCUT2D eigenvalue weighted by Gasteiger charge is -2.36. The van der Waals surface area contributed by atoms with Crippen molar-refractivity contribution in [2.45, 2.75) is 25.7 Å². The monoisotopic (exact) mass is 537 g/mol. The highest BCUT2D eigenvalue weighted by atomic mass is 32.2. The van der Waals surface area contributed by atoms with Gasteiger partial charge in [-0.1, -0.05) is 43.7 Å². The zero-order valence-corrected chi connectivity index (χ0v) is 23.2. The van der Waals surface area contributed by atoms with Gasteiger partial charge in [0.15, 0.2) is 5.82 Å². The van der Waals surface area contributed by atoms with Gasteiger partial charge in [0.05, 0.1) is 24.2 Å². The normalized spacial score (nSPS) is 14.3. The fourth-order valence-electron chi connectivity index (χ4n) is 4.38. The van der Waals surface area contributed by atoms with Gasteiger partial charge >= 0.3 is 0 Å². The molecule has 0 saturated carbocycles. The minimum atomic E-state index is -3.78. The molecule has 1 amide bonds. The van der Waals surface area contributed by atoms with Crippen LogP contribution in [0.15, 0.2) is 65.6 Å². The SMILES string of the molecule is COc1cccc(-c2ccc(N3CCN(C(=O)CN(CC(C)C)S(=O)(=O)c4ccc(C)cc4)CC3)nn2)c1. The maximum absolute atomic E-state index is 13.3. The first-order valence-corrected chi connectivity index (χ1v) is 14.2. The number of aromatic nitrogens is 2. The Balaban J connectivity index is 1.38. The highest BCUT2D eigenvalue weighted by Gasteiger charge is 2.30. The lowest BCUT2D eigenvalue weighted by Crippen LogP contribution is -2.52. The van der Waals surface area contributed by atoms with Crippen LogP contribution in [-0.2, 0) is 14.8 Å². The minimum Gasteiger partial charge on any atom is -0.497 e. The second-order valence-electron chi connectivity index (χ2n) is 9.88. The molecule has 0 bridgehead atoms. The molecule has 0 N–H and O–H groups in total. The second-order valence-corrected chi connectivity index (χ2v) is 11.8. The van der Waals surface area contributed by atoms with Gasteiger partial charge in [-0.15, -0.1) is 10.2 Å². The molecule has 1 fully saturated rings. The second kappa shape index (κ2) is 11.9. The van der Waals surface area contributed by atoms with Crippen LogP contribution in [0.1, 0.15) is 19.4 Å². The van der Waals surface area contributed by atoms with Crippen molar-refractivity contribution in [2.75, 3.05) is 51.3 Å². The summed E-state index contributed by atoms with van der Waals surface area (Å²) in [6.07, 6.45) is 0. The predicted octanol–water partition coefficient (Wildman–Crippen LogP) is 3.46. The molecule has 1 saturated heterocycles. The fraction of sp³-hybridized carbons (Fsp3) is 0.393. The Morgan fingerprint density at radius 1 is 1.00 bits per heavy atom. The van der Waals surface area contributed by atoms with E-state index < -0.39 is 10.0 Å². The molecule has 202 valence electrons. The predicted molar refractivity (Wildman–Crippen MR) is 148 cm³/mol. The van der Waals surface area contributed by atoms with Crippen molar-refractivity contribution in [3.63, 3.8) is 0 Å². The largest absolute Gasteiger partial charge is 0.497 e. The van der Waals surface area contributed by atoms with E-state index in [1.54, 1.807) is 36.3 Å². The first-order chi connectivity index (χ1) is 18.2. The number of piperazine rings is 1. The Morgan fingerprint density at radius 3 is 2.32 bits per heavy atom. The summed E-state index contributed by atoms with van der Waals surface area (Å²) in [5.41, 5.74) is 2.65. The number of hydrogen-bond donors (Lipinski definition) is 0. The molecular formula is C28H35N5O4S. The molecule has 9 nitrogen and oxygen atoms in total. The van der Waals surface area contributed by atoms with Crippen molar-refractivity contribution in [1.29, 1.82) is 0 Å². The molecule has 38 heavy (non-hydrogen) atoms. The molecule has 1 aliphatic heterocycles. The van der Waals surface area contributed by atoms with E-state index in [1.165, 1.54) is 4.31 Å². The summed E-state index contributed by atoms with van der Waals surface area (Å²) in [5, 5.41) is 8.78. The first-order valence-electron chi connectivity index (χ1n) is 12.7. The third-order valence-corrected chi connectivity index (χ3v) is 8.34. The number of sulfonamides is 1. The van der Waals surface area contributed by atoms with Crippen molar-refractivity contribution in [3.8, 4) is 17.0 Å². The third kappa shape index (κ3) is 6.49. The van der Waals surface area contributed by atoms with Crippen molar-refractivity contribution in [3.05, 3.63) is 66.2 Å². The van der Waals surface area contributed by atoms with Gasteiger partial charge in [0.1, 0.15) is 5.75 Å². The number of ether oxygens (including phenoxy) is 1. The van der Waals surface area contributed by atoms with Gasteiger partial charge < -0.3 is 14.5 Å². The molecule has 2 heterocycles. The smallest absolute Gasteiger partial charge is 0.243 e. The molecule has 2 aromatic carbocycles. The summed E-state index contributed by atoms with van der Waals surface area (Å²) in [7, 11) is -2.15. The Kier molecular flexibility index (Phi) is 8.63. The van der Waals surface area contributed by atoms with Gasteiger partial charge in [-0.3, -0.25) is 4.79 Å². The van der Waals surface area contributed by atoms with Crippen LogP contribution in [0.5, 0.6) is 5.75 Å². The number of nitrogens with zero attached hydrogens (tertiary/aromatic N) is 5. The lowest BCUT2D eigenvalue weighted by molar-refractivity contribution is -0.131. The van der Waals surface area contributed by atoms with E-state index in [4.69, 9.17) is 4.74 Å². The maximum Gasteiger partial charge on any atom is 0.243 e. The Labute approximate surface area is 225 Å². The van der Waals surface area contributed by atoms with Gasteiger partial charge in [0.25, 0.3) is 0 Å². The maximum atomic E-state index is 13.3. The summed E-state index contributed by atoms with van der Waals surface area (Å²) >= 11 is 0. The highest BCUT2D eigenvalue weighted by Crippen LogP contribution is 2.23. The number of anilines is 1. The average Bonchev–Trinajstić information content (AvgIpc) is 2.93. The number of hydrogen-bond acceptors (Lipinski definition) is 7. The molecule has 3 aromatic rings. The number of rotatable bonds is 9. The Hall–Kier alpha value is -3.50.